The summed E-state index contributed by atoms with van der Waals surface area (Å²) in [6.07, 6.45) is 0. The first-order chi connectivity index (χ1) is 9.99. The van der Waals surface area contributed by atoms with Crippen molar-refractivity contribution in [1.29, 1.82) is 0 Å². The van der Waals surface area contributed by atoms with Crippen molar-refractivity contribution >= 4 is 39.1 Å². The summed E-state index contributed by atoms with van der Waals surface area (Å²) in [6, 6.07) is 8.96. The van der Waals surface area contributed by atoms with Crippen LogP contribution in [-0.4, -0.2) is 5.91 Å². The van der Waals surface area contributed by atoms with Gasteiger partial charge in [-0.3, -0.25) is 4.79 Å². The molecule has 0 saturated carbocycles. The molecule has 1 aliphatic rings. The van der Waals surface area contributed by atoms with Crippen molar-refractivity contribution in [2.45, 2.75) is 12.6 Å². The van der Waals surface area contributed by atoms with Crippen LogP contribution < -0.4 is 10.6 Å². The Morgan fingerprint density at radius 2 is 2.10 bits per heavy atom. The standard InChI is InChI=1S/C15H11BrClFN2O/c16-10-2-1-3-12-13(10)14(19)15(21)20(12)7-8-4-5-9(18)6-11(8)17/h1-6,14H,7,19H2. The number of amides is 1. The van der Waals surface area contributed by atoms with Crippen LogP contribution in [0.1, 0.15) is 17.2 Å². The van der Waals surface area contributed by atoms with E-state index in [0.29, 0.717) is 10.6 Å². The number of halogens is 3. The summed E-state index contributed by atoms with van der Waals surface area (Å²) < 4.78 is 13.9. The van der Waals surface area contributed by atoms with Gasteiger partial charge in [0.25, 0.3) is 0 Å². The van der Waals surface area contributed by atoms with Crippen LogP contribution in [0.5, 0.6) is 0 Å². The van der Waals surface area contributed by atoms with Crippen LogP contribution in [-0.2, 0) is 11.3 Å². The lowest BCUT2D eigenvalue weighted by atomic mass is 10.1. The minimum atomic E-state index is -0.699. The van der Waals surface area contributed by atoms with E-state index in [0.717, 1.165) is 15.7 Å². The second kappa shape index (κ2) is 5.40. The van der Waals surface area contributed by atoms with Crippen LogP contribution in [0.25, 0.3) is 0 Å². The van der Waals surface area contributed by atoms with Crippen LogP contribution in [0.2, 0.25) is 5.02 Å². The maximum absolute atomic E-state index is 13.1. The van der Waals surface area contributed by atoms with Gasteiger partial charge in [-0.15, -0.1) is 0 Å². The smallest absolute Gasteiger partial charge is 0.248 e. The van der Waals surface area contributed by atoms with Crippen molar-refractivity contribution in [3.8, 4) is 0 Å². The molecule has 0 radical (unpaired) electrons. The lowest BCUT2D eigenvalue weighted by Crippen LogP contribution is -2.31. The molecule has 0 bridgehead atoms. The minimum absolute atomic E-state index is 0.197. The third-order valence-corrected chi connectivity index (χ3v) is 4.55. The number of carbonyl (C=O) groups is 1. The molecule has 1 atom stereocenters. The molecule has 0 fully saturated rings. The van der Waals surface area contributed by atoms with Crippen molar-refractivity contribution in [1.82, 2.24) is 0 Å². The summed E-state index contributed by atoms with van der Waals surface area (Å²) in [5.74, 6) is -0.603. The van der Waals surface area contributed by atoms with Gasteiger partial charge in [0.05, 0.1) is 12.2 Å². The molecular weight excluding hydrogens is 359 g/mol. The Kier molecular flexibility index (Phi) is 3.73. The summed E-state index contributed by atoms with van der Waals surface area (Å²) in [5, 5.41) is 0.291. The predicted molar refractivity (Wildman–Crippen MR) is 83.7 cm³/mol. The molecule has 0 aliphatic carbocycles. The van der Waals surface area contributed by atoms with Gasteiger partial charge in [-0.1, -0.05) is 39.7 Å². The average molecular weight is 370 g/mol. The molecule has 6 heteroatoms. The largest absolute Gasteiger partial charge is 0.316 e. The van der Waals surface area contributed by atoms with Crippen molar-refractivity contribution in [3.63, 3.8) is 0 Å². The summed E-state index contributed by atoms with van der Waals surface area (Å²) in [6.45, 7) is 0.259. The molecule has 1 amide bonds. The molecule has 0 saturated heterocycles. The van der Waals surface area contributed by atoms with E-state index in [-0.39, 0.29) is 12.5 Å². The zero-order chi connectivity index (χ0) is 15.1. The zero-order valence-electron chi connectivity index (χ0n) is 10.8. The molecule has 0 spiro atoms. The molecule has 3 nitrogen and oxygen atoms in total. The quantitative estimate of drug-likeness (QED) is 0.875. The van der Waals surface area contributed by atoms with Crippen LogP contribution in [0.4, 0.5) is 10.1 Å². The van der Waals surface area contributed by atoms with E-state index in [4.69, 9.17) is 17.3 Å². The Morgan fingerprint density at radius 3 is 2.81 bits per heavy atom. The molecule has 0 aromatic heterocycles. The van der Waals surface area contributed by atoms with Gasteiger partial charge in [0.15, 0.2) is 0 Å². The number of fused-ring (bicyclic) bond motifs is 1. The van der Waals surface area contributed by atoms with Crippen molar-refractivity contribution in [2.24, 2.45) is 5.73 Å². The third-order valence-electron chi connectivity index (χ3n) is 3.51. The van der Waals surface area contributed by atoms with Crippen molar-refractivity contribution in [2.75, 3.05) is 4.90 Å². The summed E-state index contributed by atoms with van der Waals surface area (Å²) in [5.41, 5.74) is 8.17. The highest BCUT2D eigenvalue weighted by Crippen LogP contribution is 2.40. The van der Waals surface area contributed by atoms with E-state index in [1.165, 1.54) is 12.1 Å². The summed E-state index contributed by atoms with van der Waals surface area (Å²) in [4.78, 5) is 13.9. The third kappa shape index (κ3) is 2.46. The SMILES string of the molecule is NC1C(=O)N(Cc2ccc(F)cc2Cl)c2cccc(Br)c21. The summed E-state index contributed by atoms with van der Waals surface area (Å²) in [7, 11) is 0. The Bertz CT molecular complexity index is 738. The van der Waals surface area contributed by atoms with Gasteiger partial charge in [-0.2, -0.15) is 0 Å². The normalized spacial score (nSPS) is 17.2. The Morgan fingerprint density at radius 1 is 1.33 bits per heavy atom. The second-order valence-corrected chi connectivity index (χ2v) is 6.07. The summed E-state index contributed by atoms with van der Waals surface area (Å²) >= 11 is 9.45. The van der Waals surface area contributed by atoms with Gasteiger partial charge in [-0.05, 0) is 29.8 Å². The van der Waals surface area contributed by atoms with E-state index < -0.39 is 11.9 Å². The molecule has 1 aliphatic heterocycles. The Balaban J connectivity index is 2.01. The van der Waals surface area contributed by atoms with Crippen molar-refractivity contribution in [3.05, 3.63) is 62.8 Å². The zero-order valence-corrected chi connectivity index (χ0v) is 13.2. The molecule has 2 aromatic rings. The first kappa shape index (κ1) is 14.5. The van der Waals surface area contributed by atoms with Crippen LogP contribution in [0.3, 0.4) is 0 Å². The highest BCUT2D eigenvalue weighted by molar-refractivity contribution is 9.10. The van der Waals surface area contributed by atoms with Gasteiger partial charge in [-0.25, -0.2) is 4.39 Å². The van der Waals surface area contributed by atoms with E-state index in [9.17, 15) is 9.18 Å². The lowest BCUT2D eigenvalue weighted by molar-refractivity contribution is -0.119. The molecule has 2 aromatic carbocycles. The fourth-order valence-corrected chi connectivity index (χ4v) is 3.29. The average Bonchev–Trinajstić information content (AvgIpc) is 2.68. The maximum atomic E-state index is 13.1. The van der Waals surface area contributed by atoms with Crippen LogP contribution >= 0.6 is 27.5 Å². The molecule has 21 heavy (non-hydrogen) atoms. The highest BCUT2D eigenvalue weighted by atomic mass is 79.9. The van der Waals surface area contributed by atoms with Crippen molar-refractivity contribution < 1.29 is 9.18 Å². The van der Waals surface area contributed by atoms with Gasteiger partial charge in [0.1, 0.15) is 11.9 Å². The maximum Gasteiger partial charge on any atom is 0.248 e. The van der Waals surface area contributed by atoms with Gasteiger partial charge < -0.3 is 10.6 Å². The number of carbonyl (C=O) groups excluding carboxylic acids is 1. The van der Waals surface area contributed by atoms with E-state index >= 15 is 0 Å². The number of hydrogen-bond acceptors (Lipinski definition) is 2. The number of anilines is 1. The number of nitrogens with zero attached hydrogens (tertiary/aromatic N) is 1. The Labute approximate surface area is 134 Å². The Hall–Kier alpha value is -1.43. The van der Waals surface area contributed by atoms with Gasteiger partial charge >= 0.3 is 0 Å². The molecule has 2 N–H and O–H groups in total. The minimum Gasteiger partial charge on any atom is -0.316 e. The molecule has 108 valence electrons. The van der Waals surface area contributed by atoms with E-state index in [2.05, 4.69) is 15.9 Å². The number of benzene rings is 2. The molecule has 1 unspecified atom stereocenters. The van der Waals surface area contributed by atoms with E-state index in [1.807, 2.05) is 18.2 Å². The first-order valence-corrected chi connectivity index (χ1v) is 7.45. The lowest BCUT2D eigenvalue weighted by Gasteiger charge is -2.18. The van der Waals surface area contributed by atoms with E-state index in [1.54, 1.807) is 11.0 Å². The van der Waals surface area contributed by atoms with Crippen LogP contribution in [0.15, 0.2) is 40.9 Å². The predicted octanol–water partition coefficient (Wildman–Crippen LogP) is 3.79. The fraction of sp³-hybridized carbons (Fsp3) is 0.133. The topological polar surface area (TPSA) is 46.3 Å². The molecule has 1 heterocycles. The highest BCUT2D eigenvalue weighted by Gasteiger charge is 2.36. The molecular formula is C15H11BrClFN2O. The molecule has 3 rings (SSSR count). The monoisotopic (exact) mass is 368 g/mol. The number of hydrogen-bond donors (Lipinski definition) is 1. The van der Waals surface area contributed by atoms with Gasteiger partial charge in [0.2, 0.25) is 5.91 Å². The first-order valence-electron chi connectivity index (χ1n) is 6.28. The fourth-order valence-electron chi connectivity index (χ4n) is 2.46. The van der Waals surface area contributed by atoms with Gasteiger partial charge in [0, 0.05) is 15.1 Å². The second-order valence-electron chi connectivity index (χ2n) is 4.81. The number of rotatable bonds is 2. The number of nitrogens with two attached hydrogens (primary N) is 1. The van der Waals surface area contributed by atoms with Crippen LogP contribution in [0, 0.1) is 5.82 Å².